The first kappa shape index (κ1) is 22.9. The Bertz CT molecular complexity index is 1500. The molecule has 0 saturated heterocycles. The number of carbonyl (C=O) groups is 1. The third-order valence-electron chi connectivity index (χ3n) is 8.06. The fourth-order valence-corrected chi connectivity index (χ4v) is 6.32. The Morgan fingerprint density at radius 2 is 1.24 bits per heavy atom. The number of aliphatic hydroxyl groups is 1. The van der Waals surface area contributed by atoms with Crippen LogP contribution in [0.15, 0.2) is 97.1 Å². The van der Waals surface area contributed by atoms with E-state index in [1.807, 2.05) is 97.1 Å². The summed E-state index contributed by atoms with van der Waals surface area (Å²) in [6.07, 6.45) is 0.360. The van der Waals surface area contributed by atoms with Crippen LogP contribution in [0.4, 0.5) is 0 Å². The van der Waals surface area contributed by atoms with Crippen molar-refractivity contribution in [2.24, 2.45) is 5.92 Å². The zero-order valence-corrected chi connectivity index (χ0v) is 20.6. The summed E-state index contributed by atoms with van der Waals surface area (Å²) in [4.78, 5) is 14.4. The first-order chi connectivity index (χ1) is 18.6. The molecule has 0 bridgehead atoms. The van der Waals surface area contributed by atoms with Crippen LogP contribution in [0.25, 0.3) is 0 Å². The van der Waals surface area contributed by atoms with E-state index in [-0.39, 0.29) is 31.2 Å². The fourth-order valence-electron chi connectivity index (χ4n) is 6.32. The molecule has 4 aromatic rings. The molecule has 4 atom stereocenters. The van der Waals surface area contributed by atoms with Gasteiger partial charge in [0, 0.05) is 11.5 Å². The van der Waals surface area contributed by atoms with E-state index in [1.54, 1.807) is 0 Å². The summed E-state index contributed by atoms with van der Waals surface area (Å²) in [5, 5.41) is 12.6. The molecule has 2 heterocycles. The molecule has 3 aliphatic rings. The molecule has 0 unspecified atom stereocenters. The second kappa shape index (κ2) is 8.92. The average Bonchev–Trinajstić information content (AvgIpc) is 3.70. The summed E-state index contributed by atoms with van der Waals surface area (Å²) in [5.74, 6) is 1.32. The minimum absolute atomic E-state index is 0.0946. The van der Waals surface area contributed by atoms with Crippen molar-refractivity contribution in [3.8, 4) is 23.0 Å². The van der Waals surface area contributed by atoms with Gasteiger partial charge in [-0.05, 0) is 53.3 Å². The van der Waals surface area contributed by atoms with Crippen LogP contribution in [0.3, 0.4) is 0 Å². The zero-order valence-electron chi connectivity index (χ0n) is 20.6. The van der Waals surface area contributed by atoms with Crippen LogP contribution in [0.2, 0.25) is 0 Å². The summed E-state index contributed by atoms with van der Waals surface area (Å²) in [6.45, 7) is 0.341. The highest BCUT2D eigenvalue weighted by molar-refractivity contribution is 5.99. The van der Waals surface area contributed by atoms with Gasteiger partial charge in [-0.1, -0.05) is 72.8 Å². The summed E-state index contributed by atoms with van der Waals surface area (Å²) in [5.41, 5.74) is 1.79. The van der Waals surface area contributed by atoms with Gasteiger partial charge in [0.2, 0.25) is 13.6 Å². The molecule has 4 aromatic carbocycles. The van der Waals surface area contributed by atoms with Gasteiger partial charge in [-0.3, -0.25) is 4.79 Å². The van der Waals surface area contributed by atoms with Gasteiger partial charge in [0.05, 0.1) is 5.92 Å². The Morgan fingerprint density at radius 1 is 0.684 bits per heavy atom. The molecule has 1 aliphatic carbocycles. The smallest absolute Gasteiger partial charge is 0.231 e. The van der Waals surface area contributed by atoms with Crippen LogP contribution < -0.4 is 18.9 Å². The quantitative estimate of drug-likeness (QED) is 0.345. The Kier molecular flexibility index (Phi) is 5.37. The number of fused-ring (bicyclic) bond motifs is 2. The summed E-state index contributed by atoms with van der Waals surface area (Å²) < 4.78 is 22.5. The second-order valence-electron chi connectivity index (χ2n) is 10.1. The summed E-state index contributed by atoms with van der Waals surface area (Å²) in [7, 11) is 0. The van der Waals surface area contributed by atoms with Gasteiger partial charge in [0.15, 0.2) is 28.8 Å². The van der Waals surface area contributed by atoms with E-state index < -0.39 is 11.5 Å². The van der Waals surface area contributed by atoms with Gasteiger partial charge in [-0.25, -0.2) is 0 Å². The number of hydrogen-bond acceptors (Lipinski definition) is 6. The Morgan fingerprint density at radius 3 is 1.89 bits per heavy atom. The maximum atomic E-state index is 14.4. The Hall–Kier alpha value is -4.29. The number of Topliss-reactive ketones (excluding diaryl/α,β-unsaturated/α-hetero) is 1. The molecule has 0 amide bonds. The maximum Gasteiger partial charge on any atom is 0.231 e. The number of rotatable bonds is 5. The minimum Gasteiger partial charge on any atom is -0.454 e. The third-order valence-corrected chi connectivity index (χ3v) is 8.06. The standard InChI is InChI=1S/C32H26O6/c33-31(20-7-3-1-4-8-20)30-29(22-12-14-26-28(16-22)38-19-36-26)24(17-32(30,34)23-9-5-2-6-10-23)21-11-13-25-27(15-21)37-18-35-25/h1-16,24,29-30,34H,17-19H2/t24-,29-,30-,32-/m1/s1. The van der Waals surface area contributed by atoms with Crippen molar-refractivity contribution in [3.63, 3.8) is 0 Å². The van der Waals surface area contributed by atoms with E-state index in [1.165, 1.54) is 0 Å². The van der Waals surface area contributed by atoms with Crippen LogP contribution in [0.5, 0.6) is 23.0 Å². The predicted octanol–water partition coefficient (Wildman–Crippen LogP) is 5.80. The maximum absolute atomic E-state index is 14.4. The van der Waals surface area contributed by atoms with Gasteiger partial charge >= 0.3 is 0 Å². The molecule has 0 aromatic heterocycles. The lowest BCUT2D eigenvalue weighted by molar-refractivity contribution is -0.000271. The average molecular weight is 507 g/mol. The van der Waals surface area contributed by atoms with E-state index in [9.17, 15) is 9.90 Å². The molecule has 1 fully saturated rings. The van der Waals surface area contributed by atoms with Crippen molar-refractivity contribution in [1.29, 1.82) is 0 Å². The van der Waals surface area contributed by atoms with Crippen LogP contribution >= 0.6 is 0 Å². The second-order valence-corrected chi connectivity index (χ2v) is 10.1. The van der Waals surface area contributed by atoms with E-state index in [0.29, 0.717) is 35.0 Å². The fraction of sp³-hybridized carbons (Fsp3) is 0.219. The number of hydrogen-bond donors (Lipinski definition) is 1. The molecule has 1 saturated carbocycles. The number of carbonyl (C=O) groups excluding carboxylic acids is 1. The van der Waals surface area contributed by atoms with Gasteiger partial charge in [-0.2, -0.15) is 0 Å². The minimum atomic E-state index is -1.41. The monoisotopic (exact) mass is 506 g/mol. The van der Waals surface area contributed by atoms with Gasteiger partial charge in [-0.15, -0.1) is 0 Å². The van der Waals surface area contributed by atoms with Crippen molar-refractivity contribution in [1.82, 2.24) is 0 Å². The Labute approximate surface area is 220 Å². The molecule has 38 heavy (non-hydrogen) atoms. The first-order valence-corrected chi connectivity index (χ1v) is 12.8. The highest BCUT2D eigenvalue weighted by Crippen LogP contribution is 2.60. The third kappa shape index (κ3) is 3.63. The zero-order chi connectivity index (χ0) is 25.7. The van der Waals surface area contributed by atoms with E-state index in [2.05, 4.69) is 0 Å². The molecule has 2 aliphatic heterocycles. The Balaban J connectivity index is 1.43. The lowest BCUT2D eigenvalue weighted by atomic mass is 9.73. The molecule has 190 valence electrons. The van der Waals surface area contributed by atoms with Crippen molar-refractivity contribution in [2.45, 2.75) is 23.9 Å². The van der Waals surface area contributed by atoms with Crippen molar-refractivity contribution < 1.29 is 28.8 Å². The van der Waals surface area contributed by atoms with Gasteiger partial charge < -0.3 is 24.1 Å². The largest absolute Gasteiger partial charge is 0.454 e. The van der Waals surface area contributed by atoms with Crippen LogP contribution in [0, 0.1) is 5.92 Å². The normalized spacial score (nSPS) is 24.9. The summed E-state index contributed by atoms with van der Waals surface area (Å²) >= 11 is 0. The van der Waals surface area contributed by atoms with Crippen LogP contribution in [-0.2, 0) is 5.60 Å². The topological polar surface area (TPSA) is 74.2 Å². The first-order valence-electron chi connectivity index (χ1n) is 12.8. The molecule has 7 rings (SSSR count). The molecule has 6 nitrogen and oxygen atoms in total. The molecular weight excluding hydrogens is 480 g/mol. The molecule has 0 radical (unpaired) electrons. The van der Waals surface area contributed by atoms with Crippen molar-refractivity contribution in [3.05, 3.63) is 119 Å². The molecular formula is C32H26O6. The highest BCUT2D eigenvalue weighted by Gasteiger charge is 2.57. The molecule has 0 spiro atoms. The van der Waals surface area contributed by atoms with Gasteiger partial charge in [0.25, 0.3) is 0 Å². The van der Waals surface area contributed by atoms with E-state index >= 15 is 0 Å². The van der Waals surface area contributed by atoms with Gasteiger partial charge in [0.1, 0.15) is 5.60 Å². The number of ketones is 1. The predicted molar refractivity (Wildman–Crippen MR) is 140 cm³/mol. The highest BCUT2D eigenvalue weighted by atomic mass is 16.7. The van der Waals surface area contributed by atoms with Crippen molar-refractivity contribution >= 4 is 5.78 Å². The molecule has 6 heteroatoms. The lowest BCUT2D eigenvalue weighted by Gasteiger charge is -2.33. The summed E-state index contributed by atoms with van der Waals surface area (Å²) in [6, 6.07) is 30.5. The number of ether oxygens (including phenoxy) is 4. The van der Waals surface area contributed by atoms with Crippen LogP contribution in [-0.4, -0.2) is 24.5 Å². The van der Waals surface area contributed by atoms with Crippen LogP contribution in [0.1, 0.15) is 45.3 Å². The number of benzene rings is 4. The lowest BCUT2D eigenvalue weighted by Crippen LogP contribution is -2.38. The molecule has 1 N–H and O–H groups in total. The van der Waals surface area contributed by atoms with Crippen molar-refractivity contribution in [2.75, 3.05) is 13.6 Å². The SMILES string of the molecule is O=C(c1ccccc1)[C@H]1[C@H](c2ccc3c(c2)OCO3)[C@@H](c2ccc3c(c2)OCO3)C[C@@]1(O)c1ccccc1. The van der Waals surface area contributed by atoms with E-state index in [4.69, 9.17) is 18.9 Å². The van der Waals surface area contributed by atoms with E-state index in [0.717, 1.165) is 16.7 Å².